The molecule has 0 atom stereocenters. The summed E-state index contributed by atoms with van der Waals surface area (Å²) in [7, 11) is 0. The van der Waals surface area contributed by atoms with Crippen LogP contribution >= 0.6 is 0 Å². The number of guanidine groups is 1. The molecule has 0 aliphatic carbocycles. The van der Waals surface area contributed by atoms with Gasteiger partial charge in [-0.1, -0.05) is 13.8 Å². The first-order valence-electron chi connectivity index (χ1n) is 10.9. The van der Waals surface area contributed by atoms with Crippen LogP contribution in [0, 0.1) is 0 Å². The number of carbonyl (C=O) groups excluding carboxylic acids is 2. The molecule has 1 rings (SSSR count). The van der Waals surface area contributed by atoms with Crippen LogP contribution in [0.25, 0.3) is 0 Å². The minimum absolute atomic E-state index is 0.172. The number of hydrogen-bond donors (Lipinski definition) is 4. The molecule has 0 aliphatic rings. The molecule has 9 nitrogen and oxygen atoms in total. The van der Waals surface area contributed by atoms with E-state index in [1.54, 1.807) is 18.3 Å². The highest BCUT2D eigenvalue weighted by Gasteiger charge is 2.30. The fourth-order valence-corrected chi connectivity index (χ4v) is 2.74. The van der Waals surface area contributed by atoms with Gasteiger partial charge in [-0.3, -0.25) is 14.8 Å². The van der Waals surface area contributed by atoms with Crippen LogP contribution < -0.4 is 21.3 Å². The first-order valence-corrected chi connectivity index (χ1v) is 10.9. The molecule has 2 amide bonds. The number of hydrogen-bond acceptors (Lipinski definition) is 5. The average molecular weight is 435 g/mol. The topological polar surface area (TPSA) is 117 Å². The zero-order valence-electron chi connectivity index (χ0n) is 19.7. The Morgan fingerprint density at radius 3 is 2.29 bits per heavy atom. The van der Waals surface area contributed by atoms with E-state index >= 15 is 0 Å². The first kappa shape index (κ1) is 26.2. The van der Waals surface area contributed by atoms with Crippen LogP contribution in [0.1, 0.15) is 64.7 Å². The molecule has 4 N–H and O–H groups in total. The quantitative estimate of drug-likeness (QED) is 0.255. The second-order valence-electron chi connectivity index (χ2n) is 8.23. The summed E-state index contributed by atoms with van der Waals surface area (Å²) in [6.07, 6.45) is 4.14. The number of carbonyl (C=O) groups is 2. The fraction of sp³-hybridized carbons (Fsp3) is 0.636. The Bertz CT molecular complexity index is 712. The van der Waals surface area contributed by atoms with Crippen molar-refractivity contribution in [2.45, 2.75) is 65.5 Å². The van der Waals surface area contributed by atoms with Crippen molar-refractivity contribution in [3.63, 3.8) is 0 Å². The monoisotopic (exact) mass is 434 g/mol. The van der Waals surface area contributed by atoms with Gasteiger partial charge in [0.1, 0.15) is 5.60 Å². The van der Waals surface area contributed by atoms with Gasteiger partial charge >= 0.3 is 6.09 Å². The van der Waals surface area contributed by atoms with Crippen molar-refractivity contribution in [2.75, 3.05) is 26.2 Å². The lowest BCUT2D eigenvalue weighted by Crippen LogP contribution is -2.52. The van der Waals surface area contributed by atoms with E-state index in [-0.39, 0.29) is 5.91 Å². The Morgan fingerprint density at radius 1 is 1.06 bits per heavy atom. The van der Waals surface area contributed by atoms with Crippen LogP contribution in [0.4, 0.5) is 4.79 Å². The van der Waals surface area contributed by atoms with E-state index in [1.165, 1.54) is 6.20 Å². The number of ether oxygens (including phenoxy) is 1. The number of pyridine rings is 1. The van der Waals surface area contributed by atoms with Gasteiger partial charge < -0.3 is 26.0 Å². The van der Waals surface area contributed by atoms with Crippen LogP contribution in [-0.2, 0) is 4.74 Å². The fourth-order valence-electron chi connectivity index (χ4n) is 2.74. The molecule has 0 bridgehead atoms. The second kappa shape index (κ2) is 12.8. The molecule has 0 radical (unpaired) electrons. The Balaban J connectivity index is 2.64. The summed E-state index contributed by atoms with van der Waals surface area (Å²) >= 11 is 0. The Morgan fingerprint density at radius 2 is 1.74 bits per heavy atom. The molecule has 0 aliphatic heterocycles. The van der Waals surface area contributed by atoms with Crippen LogP contribution in [0.5, 0.6) is 0 Å². The van der Waals surface area contributed by atoms with Crippen LogP contribution in [0.3, 0.4) is 0 Å². The zero-order chi connectivity index (χ0) is 23.3. The van der Waals surface area contributed by atoms with Crippen molar-refractivity contribution >= 4 is 18.0 Å². The van der Waals surface area contributed by atoms with Gasteiger partial charge in [-0.15, -0.1) is 0 Å². The lowest BCUT2D eigenvalue weighted by atomic mass is 9.93. The van der Waals surface area contributed by atoms with E-state index in [4.69, 9.17) is 4.74 Å². The van der Waals surface area contributed by atoms with Gasteiger partial charge in [-0.25, -0.2) is 4.79 Å². The predicted molar refractivity (Wildman–Crippen MR) is 123 cm³/mol. The maximum atomic E-state index is 12.3. The molecule has 1 aromatic rings. The summed E-state index contributed by atoms with van der Waals surface area (Å²) in [5.74, 6) is 0.449. The second-order valence-corrected chi connectivity index (χ2v) is 8.23. The third-order valence-corrected chi connectivity index (χ3v) is 4.63. The highest BCUT2D eigenvalue weighted by atomic mass is 16.6. The number of aromatic nitrogens is 1. The normalized spacial score (nSPS) is 12.1. The molecular weight excluding hydrogens is 396 g/mol. The molecule has 31 heavy (non-hydrogen) atoms. The summed E-state index contributed by atoms with van der Waals surface area (Å²) in [4.78, 5) is 33.0. The number of rotatable bonds is 10. The molecule has 1 heterocycles. The molecule has 0 unspecified atom stereocenters. The summed E-state index contributed by atoms with van der Waals surface area (Å²) < 4.78 is 5.42. The van der Waals surface area contributed by atoms with Crippen molar-refractivity contribution in [3.8, 4) is 0 Å². The molecule has 0 saturated heterocycles. The van der Waals surface area contributed by atoms with Gasteiger partial charge in [-0.2, -0.15) is 0 Å². The molecule has 0 saturated carbocycles. The van der Waals surface area contributed by atoms with E-state index in [9.17, 15) is 9.59 Å². The van der Waals surface area contributed by atoms with E-state index in [0.29, 0.717) is 50.5 Å². The SMILES string of the molecule is CCNC(=NCC(CC)(CC)NC(=O)OC(C)(C)C)NCCNC(=O)c1cccnc1. The van der Waals surface area contributed by atoms with Crippen molar-refractivity contribution in [1.82, 2.24) is 26.3 Å². The lowest BCUT2D eigenvalue weighted by Gasteiger charge is -2.32. The molecule has 174 valence electrons. The van der Waals surface area contributed by atoms with Crippen molar-refractivity contribution in [1.29, 1.82) is 0 Å². The largest absolute Gasteiger partial charge is 0.444 e. The maximum Gasteiger partial charge on any atom is 0.408 e. The van der Waals surface area contributed by atoms with Gasteiger partial charge in [-0.05, 0) is 52.7 Å². The minimum atomic E-state index is -0.558. The zero-order valence-corrected chi connectivity index (χ0v) is 19.7. The number of alkyl carbamates (subject to hydrolysis) is 1. The first-order chi connectivity index (χ1) is 14.6. The van der Waals surface area contributed by atoms with Gasteiger partial charge in [0.05, 0.1) is 17.6 Å². The minimum Gasteiger partial charge on any atom is -0.444 e. The van der Waals surface area contributed by atoms with Gasteiger partial charge in [0, 0.05) is 32.0 Å². The third-order valence-electron chi connectivity index (χ3n) is 4.63. The van der Waals surface area contributed by atoms with Crippen molar-refractivity contribution in [2.24, 2.45) is 4.99 Å². The third kappa shape index (κ3) is 10.1. The van der Waals surface area contributed by atoms with Crippen molar-refractivity contribution < 1.29 is 14.3 Å². The summed E-state index contributed by atoms with van der Waals surface area (Å²) in [6, 6.07) is 3.44. The predicted octanol–water partition coefficient (Wildman–Crippen LogP) is 2.45. The van der Waals surface area contributed by atoms with E-state index in [2.05, 4.69) is 31.2 Å². The number of nitrogens with zero attached hydrogens (tertiary/aromatic N) is 2. The molecule has 0 spiro atoms. The standard InChI is InChI=1S/C22H38N6O3/c1-7-22(8-2,28-20(30)31-21(4,5)6)16-27-19(24-9-3)26-14-13-25-18(29)17-11-10-12-23-15-17/h10-12,15H,7-9,13-14,16H2,1-6H3,(H,25,29)(H,28,30)(H2,24,26,27). The lowest BCUT2D eigenvalue weighted by molar-refractivity contribution is 0.0451. The number of aliphatic imine (C=N–C) groups is 1. The van der Waals surface area contributed by atoms with Gasteiger partial charge in [0.25, 0.3) is 5.91 Å². The molecule has 0 fully saturated rings. The highest BCUT2D eigenvalue weighted by Crippen LogP contribution is 2.17. The molecular formula is C22H38N6O3. The van der Waals surface area contributed by atoms with Gasteiger partial charge in [0.2, 0.25) is 0 Å². The molecule has 0 aromatic carbocycles. The Kier molecular flexibility index (Phi) is 10.8. The van der Waals surface area contributed by atoms with Crippen LogP contribution in [-0.4, -0.2) is 60.3 Å². The highest BCUT2D eigenvalue weighted by molar-refractivity contribution is 5.93. The summed E-state index contributed by atoms with van der Waals surface area (Å²) in [5.41, 5.74) is -0.539. The average Bonchev–Trinajstić information content (AvgIpc) is 2.73. The summed E-state index contributed by atoms with van der Waals surface area (Å²) in [5, 5.41) is 12.2. The molecule has 1 aromatic heterocycles. The van der Waals surface area contributed by atoms with E-state index < -0.39 is 17.2 Å². The van der Waals surface area contributed by atoms with Crippen LogP contribution in [0.2, 0.25) is 0 Å². The summed E-state index contributed by atoms with van der Waals surface area (Å²) in [6.45, 7) is 13.6. The number of nitrogens with one attached hydrogen (secondary N) is 4. The van der Waals surface area contributed by atoms with Crippen molar-refractivity contribution in [3.05, 3.63) is 30.1 Å². The Labute approximate surface area is 185 Å². The Hall–Kier alpha value is -2.84. The van der Waals surface area contributed by atoms with Crippen LogP contribution in [0.15, 0.2) is 29.5 Å². The van der Waals surface area contributed by atoms with Gasteiger partial charge in [0.15, 0.2) is 5.96 Å². The van der Waals surface area contributed by atoms with E-state index in [0.717, 1.165) is 0 Å². The molecule has 9 heteroatoms. The number of amides is 2. The smallest absolute Gasteiger partial charge is 0.408 e. The maximum absolute atomic E-state index is 12.3. The van der Waals surface area contributed by atoms with E-state index in [1.807, 2.05) is 41.5 Å².